The summed E-state index contributed by atoms with van der Waals surface area (Å²) >= 11 is 1.23. The third kappa shape index (κ3) is 4.23. The van der Waals surface area contributed by atoms with Crippen LogP contribution in [0.2, 0.25) is 0 Å². The van der Waals surface area contributed by atoms with E-state index >= 15 is 0 Å². The first-order chi connectivity index (χ1) is 8.48. The van der Waals surface area contributed by atoms with Crippen LogP contribution in [0.1, 0.15) is 39.0 Å². The van der Waals surface area contributed by atoms with E-state index in [1.165, 1.54) is 25.1 Å². The maximum atomic E-state index is 13.3. The van der Waals surface area contributed by atoms with Gasteiger partial charge in [-0.05, 0) is 19.8 Å². The second-order valence-electron chi connectivity index (χ2n) is 4.29. The third-order valence-corrected chi connectivity index (χ3v) is 4.26. The van der Waals surface area contributed by atoms with Crippen molar-refractivity contribution in [3.63, 3.8) is 0 Å². The Morgan fingerprint density at radius 2 is 1.89 bits per heavy atom. The highest BCUT2D eigenvalue weighted by Crippen LogP contribution is 2.30. The molecule has 0 unspecified atom stereocenters. The minimum atomic E-state index is -4.00. The maximum Gasteiger partial charge on any atom is 0.400 e. The molecule has 0 atom stereocenters. The van der Waals surface area contributed by atoms with E-state index < -0.39 is 17.7 Å². The van der Waals surface area contributed by atoms with Gasteiger partial charge in [-0.15, -0.1) is 0 Å². The second-order valence-corrected chi connectivity index (χ2v) is 5.58. The number of thioether (sulfide) groups is 1. The lowest BCUT2D eigenvalue weighted by Gasteiger charge is -2.21. The molecule has 6 heteroatoms. The molecule has 104 valence electrons. The van der Waals surface area contributed by atoms with Crippen LogP contribution in [0.15, 0.2) is 0 Å². The van der Waals surface area contributed by atoms with E-state index in [1.807, 2.05) is 0 Å². The second kappa shape index (κ2) is 7.07. The van der Waals surface area contributed by atoms with Crippen molar-refractivity contribution < 1.29 is 23.1 Å². The first-order valence-electron chi connectivity index (χ1n) is 6.18. The Hall–Kier alpha value is -0.650. The van der Waals surface area contributed by atoms with Crippen LogP contribution in [-0.4, -0.2) is 35.3 Å². The molecule has 0 aromatic carbocycles. The fraction of sp³-hybridized carbons (Fsp3) is 0.833. The summed E-state index contributed by atoms with van der Waals surface area (Å²) < 4.78 is 30.8. The van der Waals surface area contributed by atoms with Gasteiger partial charge < -0.3 is 4.74 Å². The van der Waals surface area contributed by atoms with Gasteiger partial charge in [-0.1, -0.05) is 19.3 Å². The zero-order valence-corrected chi connectivity index (χ0v) is 11.2. The van der Waals surface area contributed by atoms with Gasteiger partial charge in [-0.3, -0.25) is 4.79 Å². The maximum absolute atomic E-state index is 13.3. The Kier molecular flexibility index (Phi) is 6.05. The first kappa shape index (κ1) is 15.4. The summed E-state index contributed by atoms with van der Waals surface area (Å²) in [5.74, 6) is -7.41. The predicted molar refractivity (Wildman–Crippen MR) is 65.9 cm³/mol. The Morgan fingerprint density at radius 1 is 1.28 bits per heavy atom. The molecule has 0 aliphatic heterocycles. The van der Waals surface area contributed by atoms with Crippen LogP contribution in [0.4, 0.5) is 8.78 Å². The summed E-state index contributed by atoms with van der Waals surface area (Å²) in [5.41, 5.74) is 0. The molecule has 0 aromatic heterocycles. The van der Waals surface area contributed by atoms with Crippen molar-refractivity contribution >= 4 is 23.5 Å². The number of hydrogen-bond acceptors (Lipinski definition) is 4. The summed E-state index contributed by atoms with van der Waals surface area (Å²) in [6.45, 7) is 1.27. The highest BCUT2D eigenvalue weighted by molar-refractivity contribution is 8.00. The number of rotatable bonds is 6. The SMILES string of the molecule is CCOC(=O)C(F)(F)C(=O)CSC1CCCCC1. The monoisotopic (exact) mass is 280 g/mol. The van der Waals surface area contributed by atoms with Crippen LogP contribution in [0.3, 0.4) is 0 Å². The number of carbonyl (C=O) groups is 2. The fourth-order valence-corrected chi connectivity index (χ4v) is 3.09. The molecule has 1 saturated carbocycles. The van der Waals surface area contributed by atoms with Gasteiger partial charge in [0.25, 0.3) is 0 Å². The van der Waals surface area contributed by atoms with E-state index in [2.05, 4.69) is 4.74 Å². The predicted octanol–water partition coefficient (Wildman–Crippen LogP) is 2.82. The Balaban J connectivity index is 2.40. The lowest BCUT2D eigenvalue weighted by molar-refractivity contribution is -0.175. The van der Waals surface area contributed by atoms with Crippen LogP contribution in [0.25, 0.3) is 0 Å². The lowest BCUT2D eigenvalue weighted by atomic mass is 10.0. The molecule has 0 heterocycles. The van der Waals surface area contributed by atoms with Crippen LogP contribution in [-0.2, 0) is 14.3 Å². The molecular weight excluding hydrogens is 262 g/mol. The highest BCUT2D eigenvalue weighted by atomic mass is 32.2. The molecule has 18 heavy (non-hydrogen) atoms. The number of ether oxygens (including phenoxy) is 1. The van der Waals surface area contributed by atoms with E-state index in [9.17, 15) is 18.4 Å². The van der Waals surface area contributed by atoms with Crippen molar-refractivity contribution in [3.05, 3.63) is 0 Å². The van der Waals surface area contributed by atoms with E-state index in [-0.39, 0.29) is 17.6 Å². The van der Waals surface area contributed by atoms with Crippen molar-refractivity contribution in [2.45, 2.75) is 50.2 Å². The Labute approximate surface area is 110 Å². The largest absolute Gasteiger partial charge is 0.461 e. The van der Waals surface area contributed by atoms with Crippen LogP contribution >= 0.6 is 11.8 Å². The number of hydrogen-bond donors (Lipinski definition) is 0. The molecule has 0 spiro atoms. The van der Waals surface area contributed by atoms with Crippen molar-refractivity contribution in [1.82, 2.24) is 0 Å². The summed E-state index contributed by atoms with van der Waals surface area (Å²) in [5, 5.41) is 0.265. The molecule has 0 radical (unpaired) electrons. The number of carbonyl (C=O) groups excluding carboxylic acids is 2. The molecular formula is C12H18F2O3S. The molecule has 1 rings (SSSR count). The van der Waals surface area contributed by atoms with Gasteiger partial charge in [0.05, 0.1) is 12.4 Å². The van der Waals surface area contributed by atoms with E-state index in [4.69, 9.17) is 0 Å². The van der Waals surface area contributed by atoms with Gasteiger partial charge in [-0.2, -0.15) is 20.5 Å². The quantitative estimate of drug-likeness (QED) is 0.554. The van der Waals surface area contributed by atoms with E-state index in [1.54, 1.807) is 0 Å². The molecule has 1 fully saturated rings. The zero-order valence-electron chi connectivity index (χ0n) is 10.4. The van der Waals surface area contributed by atoms with E-state index in [0.29, 0.717) is 0 Å². The number of ketones is 1. The minimum absolute atomic E-state index is 0.155. The van der Waals surface area contributed by atoms with Crippen molar-refractivity contribution in [2.24, 2.45) is 0 Å². The van der Waals surface area contributed by atoms with Crippen LogP contribution in [0.5, 0.6) is 0 Å². The molecule has 0 saturated heterocycles. The Bertz CT molecular complexity index is 302. The molecule has 0 aromatic rings. The van der Waals surface area contributed by atoms with Gasteiger partial charge in [0.15, 0.2) is 0 Å². The van der Waals surface area contributed by atoms with Crippen LogP contribution < -0.4 is 0 Å². The summed E-state index contributed by atoms with van der Waals surface area (Å²) in [6, 6.07) is 0. The molecule has 1 aliphatic carbocycles. The molecule has 0 amide bonds. The smallest absolute Gasteiger partial charge is 0.400 e. The average molecular weight is 280 g/mol. The van der Waals surface area contributed by atoms with Gasteiger partial charge >= 0.3 is 11.9 Å². The Morgan fingerprint density at radius 3 is 2.44 bits per heavy atom. The van der Waals surface area contributed by atoms with Gasteiger partial charge in [0.1, 0.15) is 0 Å². The molecule has 0 bridgehead atoms. The molecule has 3 nitrogen and oxygen atoms in total. The molecule has 0 N–H and O–H groups in total. The average Bonchev–Trinajstić information content (AvgIpc) is 2.37. The van der Waals surface area contributed by atoms with Crippen molar-refractivity contribution in [1.29, 1.82) is 0 Å². The summed E-state index contributed by atoms with van der Waals surface area (Å²) in [6.07, 6.45) is 5.26. The standard InChI is InChI=1S/C12H18F2O3S/c1-2-17-11(16)12(13,14)10(15)8-18-9-6-4-3-5-7-9/h9H,2-8H2,1H3. The fourth-order valence-electron chi connectivity index (χ4n) is 1.85. The minimum Gasteiger partial charge on any atom is -0.461 e. The highest BCUT2D eigenvalue weighted by Gasteiger charge is 2.48. The van der Waals surface area contributed by atoms with Gasteiger partial charge in [-0.25, -0.2) is 4.79 Å². The van der Waals surface area contributed by atoms with Gasteiger partial charge in [0, 0.05) is 5.25 Å². The van der Waals surface area contributed by atoms with Crippen LogP contribution in [0, 0.1) is 0 Å². The normalized spacial score (nSPS) is 17.5. The van der Waals surface area contributed by atoms with Crippen molar-refractivity contribution in [3.8, 4) is 0 Å². The zero-order chi connectivity index (χ0) is 13.6. The van der Waals surface area contributed by atoms with E-state index in [0.717, 1.165) is 25.7 Å². The number of alkyl halides is 2. The summed E-state index contributed by atoms with van der Waals surface area (Å²) in [7, 11) is 0. The molecule has 1 aliphatic rings. The number of esters is 1. The number of halogens is 2. The topological polar surface area (TPSA) is 43.4 Å². The van der Waals surface area contributed by atoms with Crippen molar-refractivity contribution in [2.75, 3.05) is 12.4 Å². The lowest BCUT2D eigenvalue weighted by Crippen LogP contribution is -2.40. The summed E-state index contributed by atoms with van der Waals surface area (Å²) in [4.78, 5) is 22.3. The van der Waals surface area contributed by atoms with Gasteiger partial charge in [0.2, 0.25) is 5.78 Å². The number of Topliss-reactive ketones (excluding diaryl/α,β-unsaturated/α-hetero) is 1. The third-order valence-electron chi connectivity index (χ3n) is 2.88. The first-order valence-corrected chi connectivity index (χ1v) is 7.23.